The van der Waals surface area contributed by atoms with Crippen LogP contribution in [-0.2, 0) is 22.6 Å². The van der Waals surface area contributed by atoms with Gasteiger partial charge in [-0.3, -0.25) is 9.59 Å². The van der Waals surface area contributed by atoms with E-state index in [1.165, 1.54) is 0 Å². The zero-order valence-electron chi connectivity index (χ0n) is 18.6. The average molecular weight is 395 g/mol. The molecule has 0 fully saturated rings. The largest absolute Gasteiger partial charge is 0.350 e. The molecule has 0 saturated carbocycles. The number of carbonyl (C=O) groups excluding carboxylic acids is 2. The van der Waals surface area contributed by atoms with E-state index in [4.69, 9.17) is 0 Å². The van der Waals surface area contributed by atoms with Crippen LogP contribution in [0.2, 0.25) is 0 Å². The van der Waals surface area contributed by atoms with Crippen molar-refractivity contribution in [2.45, 2.75) is 72.5 Å². The minimum Gasteiger partial charge on any atom is -0.350 e. The van der Waals surface area contributed by atoms with Gasteiger partial charge in [0.05, 0.1) is 6.42 Å². The predicted molar refractivity (Wildman–Crippen MR) is 119 cm³/mol. The maximum absolute atomic E-state index is 13.4. The second-order valence-corrected chi connectivity index (χ2v) is 8.78. The zero-order valence-corrected chi connectivity index (χ0v) is 18.6. The molecule has 0 bridgehead atoms. The number of hydrogen-bond acceptors (Lipinski definition) is 2. The Labute approximate surface area is 175 Å². The first kappa shape index (κ1) is 22.7. The molecule has 1 unspecified atom stereocenters. The van der Waals surface area contributed by atoms with Gasteiger partial charge in [0.15, 0.2) is 0 Å². The van der Waals surface area contributed by atoms with Gasteiger partial charge in [-0.05, 0) is 57.7 Å². The van der Waals surface area contributed by atoms with E-state index >= 15 is 0 Å². The summed E-state index contributed by atoms with van der Waals surface area (Å²) in [5, 5.41) is 3.05. The zero-order chi connectivity index (χ0) is 21.6. The van der Waals surface area contributed by atoms with E-state index < -0.39 is 6.04 Å². The molecule has 2 amide bonds. The molecule has 29 heavy (non-hydrogen) atoms. The quantitative estimate of drug-likeness (QED) is 0.748. The van der Waals surface area contributed by atoms with Crippen LogP contribution in [0.15, 0.2) is 48.5 Å². The van der Waals surface area contributed by atoms with E-state index in [1.807, 2.05) is 84.0 Å². The Morgan fingerprint density at radius 1 is 1.03 bits per heavy atom. The number of carbonyl (C=O) groups is 2. The smallest absolute Gasteiger partial charge is 0.243 e. The van der Waals surface area contributed by atoms with Gasteiger partial charge in [0.1, 0.15) is 6.04 Å². The Bertz CT molecular complexity index is 852. The third-order valence-corrected chi connectivity index (χ3v) is 4.92. The number of nitrogens with zero attached hydrogens (tertiary/aromatic N) is 1. The molecule has 0 radical (unpaired) electrons. The highest BCUT2D eigenvalue weighted by Crippen LogP contribution is 2.17. The first-order valence-corrected chi connectivity index (χ1v) is 10.3. The van der Waals surface area contributed by atoms with E-state index in [0.717, 1.165) is 22.3 Å². The second-order valence-electron chi connectivity index (χ2n) is 8.78. The highest BCUT2D eigenvalue weighted by Gasteiger charge is 2.30. The van der Waals surface area contributed by atoms with Crippen molar-refractivity contribution in [1.82, 2.24) is 10.2 Å². The number of benzene rings is 2. The second kappa shape index (κ2) is 9.73. The van der Waals surface area contributed by atoms with Gasteiger partial charge in [-0.2, -0.15) is 0 Å². The lowest BCUT2D eigenvalue weighted by atomic mass is 10.0. The van der Waals surface area contributed by atoms with Crippen molar-refractivity contribution < 1.29 is 9.59 Å². The molecular formula is C25H34N2O2. The number of aryl methyl sites for hydroxylation is 2. The summed E-state index contributed by atoms with van der Waals surface area (Å²) in [4.78, 5) is 28.1. The summed E-state index contributed by atoms with van der Waals surface area (Å²) in [7, 11) is 0. The fourth-order valence-corrected chi connectivity index (χ4v) is 3.45. The first-order chi connectivity index (χ1) is 13.6. The summed E-state index contributed by atoms with van der Waals surface area (Å²) < 4.78 is 0. The third kappa shape index (κ3) is 6.74. The van der Waals surface area contributed by atoms with E-state index in [-0.39, 0.29) is 23.8 Å². The lowest BCUT2D eigenvalue weighted by Gasteiger charge is -2.33. The van der Waals surface area contributed by atoms with Crippen LogP contribution in [0.1, 0.15) is 56.4 Å². The summed E-state index contributed by atoms with van der Waals surface area (Å²) in [5.41, 5.74) is 3.91. The number of hydrogen-bond donors (Lipinski definition) is 1. The summed E-state index contributed by atoms with van der Waals surface area (Å²) in [5.74, 6) is -0.137. The Hall–Kier alpha value is -2.62. The average Bonchev–Trinajstić information content (AvgIpc) is 2.62. The van der Waals surface area contributed by atoms with Crippen molar-refractivity contribution in [1.29, 1.82) is 0 Å². The molecule has 1 atom stereocenters. The van der Waals surface area contributed by atoms with Crippen molar-refractivity contribution in [3.05, 3.63) is 70.8 Å². The Balaban J connectivity index is 2.34. The predicted octanol–water partition coefficient (Wildman–Crippen LogP) is 4.57. The van der Waals surface area contributed by atoms with Crippen molar-refractivity contribution in [3.63, 3.8) is 0 Å². The number of amides is 2. The van der Waals surface area contributed by atoms with E-state index in [2.05, 4.69) is 11.4 Å². The molecule has 0 aliphatic carbocycles. The molecule has 4 nitrogen and oxygen atoms in total. The van der Waals surface area contributed by atoms with Crippen LogP contribution >= 0.6 is 0 Å². The van der Waals surface area contributed by atoms with Gasteiger partial charge < -0.3 is 10.2 Å². The van der Waals surface area contributed by atoms with Crippen molar-refractivity contribution in [2.75, 3.05) is 0 Å². The van der Waals surface area contributed by atoms with E-state index in [0.29, 0.717) is 13.0 Å². The van der Waals surface area contributed by atoms with Crippen LogP contribution in [0.5, 0.6) is 0 Å². The fourth-order valence-electron chi connectivity index (χ4n) is 3.45. The van der Waals surface area contributed by atoms with Crippen LogP contribution < -0.4 is 5.32 Å². The molecule has 0 saturated heterocycles. The maximum atomic E-state index is 13.4. The Morgan fingerprint density at radius 3 is 2.31 bits per heavy atom. The van der Waals surface area contributed by atoms with Crippen LogP contribution in [0.4, 0.5) is 0 Å². The van der Waals surface area contributed by atoms with Crippen molar-refractivity contribution in [2.24, 2.45) is 0 Å². The van der Waals surface area contributed by atoms with Gasteiger partial charge in [0.2, 0.25) is 11.8 Å². The van der Waals surface area contributed by atoms with Crippen LogP contribution in [0, 0.1) is 13.8 Å². The lowest BCUT2D eigenvalue weighted by molar-refractivity contribution is -0.141. The molecule has 2 aromatic carbocycles. The summed E-state index contributed by atoms with van der Waals surface area (Å²) >= 11 is 0. The monoisotopic (exact) mass is 394 g/mol. The minimum atomic E-state index is -0.508. The molecule has 0 aliphatic rings. The summed E-state index contributed by atoms with van der Waals surface area (Å²) in [6.07, 6.45) is 0.852. The van der Waals surface area contributed by atoms with Crippen LogP contribution in [-0.4, -0.2) is 28.3 Å². The SMILES string of the molecule is CCC(C(=O)NC(C)(C)C)N(Cc1cccc(C)c1)C(=O)Cc1ccccc1C. The molecule has 2 rings (SSSR count). The van der Waals surface area contributed by atoms with Gasteiger partial charge in [0, 0.05) is 12.1 Å². The molecule has 0 spiro atoms. The minimum absolute atomic E-state index is 0.0308. The van der Waals surface area contributed by atoms with Crippen molar-refractivity contribution >= 4 is 11.8 Å². The molecule has 4 heteroatoms. The summed E-state index contributed by atoms with van der Waals surface area (Å²) in [6.45, 7) is 12.3. The molecule has 0 aliphatic heterocycles. The van der Waals surface area contributed by atoms with Gasteiger partial charge >= 0.3 is 0 Å². The molecule has 1 N–H and O–H groups in total. The molecule has 0 heterocycles. The first-order valence-electron chi connectivity index (χ1n) is 10.3. The van der Waals surface area contributed by atoms with Crippen LogP contribution in [0.3, 0.4) is 0 Å². The standard InChI is InChI=1S/C25H34N2O2/c1-7-22(24(29)26-25(4,5)6)27(17-20-13-10-11-18(2)15-20)23(28)16-21-14-9-8-12-19(21)3/h8-15,22H,7,16-17H2,1-6H3,(H,26,29). The molecule has 0 aromatic heterocycles. The lowest BCUT2D eigenvalue weighted by Crippen LogP contribution is -2.53. The third-order valence-electron chi connectivity index (χ3n) is 4.92. The van der Waals surface area contributed by atoms with Gasteiger partial charge in [-0.25, -0.2) is 0 Å². The van der Waals surface area contributed by atoms with Crippen molar-refractivity contribution in [3.8, 4) is 0 Å². The molecule has 2 aromatic rings. The topological polar surface area (TPSA) is 49.4 Å². The highest BCUT2D eigenvalue weighted by molar-refractivity contribution is 5.89. The van der Waals surface area contributed by atoms with E-state index in [1.54, 1.807) is 4.90 Å². The van der Waals surface area contributed by atoms with E-state index in [9.17, 15) is 9.59 Å². The normalized spacial score (nSPS) is 12.3. The summed E-state index contributed by atoms with van der Waals surface area (Å²) in [6, 6.07) is 15.5. The van der Waals surface area contributed by atoms with Gasteiger partial charge in [-0.1, -0.05) is 61.0 Å². The molecular weight excluding hydrogens is 360 g/mol. The van der Waals surface area contributed by atoms with Gasteiger partial charge in [-0.15, -0.1) is 0 Å². The molecule has 156 valence electrons. The Kier molecular flexibility index (Phi) is 7.60. The Morgan fingerprint density at radius 2 is 1.72 bits per heavy atom. The van der Waals surface area contributed by atoms with Gasteiger partial charge in [0.25, 0.3) is 0 Å². The number of nitrogens with one attached hydrogen (secondary N) is 1. The number of rotatable bonds is 7. The van der Waals surface area contributed by atoms with Crippen LogP contribution in [0.25, 0.3) is 0 Å². The fraction of sp³-hybridized carbons (Fsp3) is 0.440. The maximum Gasteiger partial charge on any atom is 0.243 e. The highest BCUT2D eigenvalue weighted by atomic mass is 16.2.